The third-order valence-electron chi connectivity index (χ3n) is 2.83. The molecule has 0 amide bonds. The van der Waals surface area contributed by atoms with Crippen LogP contribution in [0.4, 0.5) is 0 Å². The van der Waals surface area contributed by atoms with Gasteiger partial charge in [-0.2, -0.15) is 0 Å². The minimum atomic E-state index is 0.178. The number of ether oxygens (including phenoxy) is 1. The third-order valence-corrected chi connectivity index (χ3v) is 3.04. The van der Waals surface area contributed by atoms with Crippen molar-refractivity contribution < 1.29 is 9.94 Å². The highest BCUT2D eigenvalue weighted by Gasteiger charge is 2.18. The van der Waals surface area contributed by atoms with Crippen molar-refractivity contribution in [3.63, 3.8) is 0 Å². The first kappa shape index (κ1) is 13.0. The second-order valence-corrected chi connectivity index (χ2v) is 4.85. The van der Waals surface area contributed by atoms with Crippen LogP contribution in [0.25, 0.3) is 0 Å². The number of hydrogen-bond acceptors (Lipinski definition) is 4. The van der Waals surface area contributed by atoms with Gasteiger partial charge in [0, 0.05) is 23.6 Å². The topological polar surface area (TPSA) is 71.1 Å². The van der Waals surface area contributed by atoms with Crippen molar-refractivity contribution in [2.24, 2.45) is 10.9 Å². The molecule has 0 atom stereocenters. The molecule has 0 spiro atoms. The number of fused-ring (bicyclic) bond motifs is 1. The van der Waals surface area contributed by atoms with Crippen LogP contribution >= 0.6 is 11.6 Å². The van der Waals surface area contributed by atoms with E-state index in [2.05, 4.69) is 5.16 Å². The van der Waals surface area contributed by atoms with Gasteiger partial charge in [0.05, 0.1) is 13.2 Å². The van der Waals surface area contributed by atoms with E-state index in [1.165, 1.54) is 0 Å². The normalized spacial score (nSPS) is 14.7. The van der Waals surface area contributed by atoms with Crippen LogP contribution in [-0.2, 0) is 13.0 Å². The summed E-state index contributed by atoms with van der Waals surface area (Å²) in [6, 6.07) is 3.84. The molecule has 1 heterocycles. The van der Waals surface area contributed by atoms with E-state index in [1.54, 1.807) is 0 Å². The third kappa shape index (κ3) is 2.86. The molecule has 98 valence electrons. The summed E-state index contributed by atoms with van der Waals surface area (Å²) >= 11 is 6.08. The van der Waals surface area contributed by atoms with Gasteiger partial charge in [0.1, 0.15) is 5.75 Å². The van der Waals surface area contributed by atoms with Gasteiger partial charge in [0.15, 0.2) is 5.84 Å². The van der Waals surface area contributed by atoms with Crippen LogP contribution in [0, 0.1) is 0 Å². The van der Waals surface area contributed by atoms with E-state index in [0.717, 1.165) is 23.3 Å². The van der Waals surface area contributed by atoms with Crippen molar-refractivity contribution >= 4 is 17.4 Å². The number of hydrogen-bond donors (Lipinski definition) is 2. The average Bonchev–Trinajstić information content (AvgIpc) is 2.76. The highest BCUT2D eigenvalue weighted by molar-refractivity contribution is 6.30. The number of nitrogens with zero attached hydrogens (tertiary/aromatic N) is 2. The lowest BCUT2D eigenvalue weighted by molar-refractivity contribution is 0.305. The zero-order valence-corrected chi connectivity index (χ0v) is 10.9. The quantitative estimate of drug-likeness (QED) is 0.376. The van der Waals surface area contributed by atoms with Crippen molar-refractivity contribution in [1.29, 1.82) is 0 Å². The van der Waals surface area contributed by atoms with Crippen LogP contribution in [-0.4, -0.2) is 36.1 Å². The zero-order chi connectivity index (χ0) is 13.1. The molecule has 0 bridgehead atoms. The molecule has 2 rings (SSSR count). The lowest BCUT2D eigenvalue weighted by Gasteiger charge is -2.17. The van der Waals surface area contributed by atoms with Gasteiger partial charge in [-0.1, -0.05) is 16.8 Å². The molecule has 1 aromatic carbocycles. The van der Waals surface area contributed by atoms with Crippen LogP contribution in [0.3, 0.4) is 0 Å². The molecule has 3 N–H and O–H groups in total. The number of rotatable bonds is 4. The molecular weight excluding hydrogens is 254 g/mol. The molecule has 1 aromatic rings. The summed E-state index contributed by atoms with van der Waals surface area (Å²) in [6.45, 7) is 1.73. The van der Waals surface area contributed by atoms with Gasteiger partial charge in [0.25, 0.3) is 0 Å². The van der Waals surface area contributed by atoms with Crippen molar-refractivity contribution in [3.8, 4) is 5.75 Å². The first-order chi connectivity index (χ1) is 8.60. The average molecular weight is 270 g/mol. The Balaban J connectivity index is 2.14. The molecule has 1 aliphatic heterocycles. The smallest absolute Gasteiger partial charge is 0.153 e. The van der Waals surface area contributed by atoms with Gasteiger partial charge < -0.3 is 15.7 Å². The minimum Gasteiger partial charge on any atom is -0.493 e. The molecule has 0 saturated heterocycles. The van der Waals surface area contributed by atoms with E-state index in [-0.39, 0.29) is 5.84 Å². The predicted octanol–water partition coefficient (Wildman–Crippen LogP) is 1.45. The van der Waals surface area contributed by atoms with E-state index in [9.17, 15) is 0 Å². The van der Waals surface area contributed by atoms with Crippen molar-refractivity contribution in [1.82, 2.24) is 4.90 Å². The molecule has 6 heteroatoms. The summed E-state index contributed by atoms with van der Waals surface area (Å²) in [5.41, 5.74) is 7.65. The second-order valence-electron chi connectivity index (χ2n) is 4.42. The van der Waals surface area contributed by atoms with Gasteiger partial charge >= 0.3 is 0 Å². The van der Waals surface area contributed by atoms with E-state index in [1.807, 2.05) is 24.1 Å². The Morgan fingerprint density at radius 1 is 1.61 bits per heavy atom. The van der Waals surface area contributed by atoms with Crippen LogP contribution in [0.1, 0.15) is 11.1 Å². The minimum absolute atomic E-state index is 0.178. The fraction of sp³-hybridized carbons (Fsp3) is 0.417. The maximum Gasteiger partial charge on any atom is 0.153 e. The molecule has 0 radical (unpaired) electrons. The number of amidine groups is 1. The van der Waals surface area contributed by atoms with E-state index >= 15 is 0 Å². The molecule has 0 fully saturated rings. The Kier molecular flexibility index (Phi) is 3.93. The lowest BCUT2D eigenvalue weighted by Crippen LogP contribution is -2.30. The Morgan fingerprint density at radius 2 is 2.39 bits per heavy atom. The van der Waals surface area contributed by atoms with Crippen molar-refractivity contribution in [2.45, 2.75) is 13.0 Å². The summed E-state index contributed by atoms with van der Waals surface area (Å²) in [7, 11) is 1.89. The Hall–Kier alpha value is -1.46. The first-order valence-corrected chi connectivity index (χ1v) is 6.07. The molecule has 1 aliphatic rings. The SMILES string of the molecule is CN(C/C(N)=N/O)Cc1cc(Cl)cc2c1OCC2. The number of halogens is 1. The van der Waals surface area contributed by atoms with Crippen LogP contribution in [0.15, 0.2) is 17.3 Å². The monoisotopic (exact) mass is 269 g/mol. The Morgan fingerprint density at radius 3 is 3.11 bits per heavy atom. The Bertz CT molecular complexity index is 477. The highest BCUT2D eigenvalue weighted by atomic mass is 35.5. The van der Waals surface area contributed by atoms with Crippen molar-refractivity contribution in [2.75, 3.05) is 20.2 Å². The van der Waals surface area contributed by atoms with E-state index < -0.39 is 0 Å². The number of likely N-dealkylation sites (N-methyl/N-ethyl adjacent to an activating group) is 1. The molecule has 0 aromatic heterocycles. The molecule has 0 unspecified atom stereocenters. The van der Waals surface area contributed by atoms with Gasteiger partial charge in [0.2, 0.25) is 0 Å². The molecule has 0 saturated carbocycles. The predicted molar refractivity (Wildman–Crippen MR) is 70.4 cm³/mol. The lowest BCUT2D eigenvalue weighted by atomic mass is 10.1. The number of benzene rings is 1. The van der Waals surface area contributed by atoms with E-state index in [0.29, 0.717) is 24.7 Å². The fourth-order valence-corrected chi connectivity index (χ4v) is 2.38. The van der Waals surface area contributed by atoms with Crippen LogP contribution in [0.5, 0.6) is 5.75 Å². The summed E-state index contributed by atoms with van der Waals surface area (Å²) in [5.74, 6) is 1.10. The largest absolute Gasteiger partial charge is 0.493 e. The fourth-order valence-electron chi connectivity index (χ4n) is 2.12. The highest BCUT2D eigenvalue weighted by Crippen LogP contribution is 2.33. The maximum absolute atomic E-state index is 8.54. The zero-order valence-electron chi connectivity index (χ0n) is 10.2. The molecule has 18 heavy (non-hydrogen) atoms. The molecule has 0 aliphatic carbocycles. The van der Waals surface area contributed by atoms with Crippen LogP contribution in [0.2, 0.25) is 5.02 Å². The number of oxime groups is 1. The molecule has 5 nitrogen and oxygen atoms in total. The standard InChI is InChI=1S/C12H16ClN3O2/c1-16(7-11(14)15-17)6-9-5-10(13)4-8-2-3-18-12(8)9/h4-5,17H,2-3,6-7H2,1H3,(H2,14,15). The van der Waals surface area contributed by atoms with Gasteiger partial charge in [-0.25, -0.2) is 0 Å². The first-order valence-electron chi connectivity index (χ1n) is 5.69. The second kappa shape index (κ2) is 5.46. The molecular formula is C12H16ClN3O2. The summed E-state index contributed by atoms with van der Waals surface area (Å²) in [4.78, 5) is 1.93. The van der Waals surface area contributed by atoms with Crippen LogP contribution < -0.4 is 10.5 Å². The van der Waals surface area contributed by atoms with Crippen molar-refractivity contribution in [3.05, 3.63) is 28.3 Å². The van der Waals surface area contributed by atoms with Gasteiger partial charge in [-0.15, -0.1) is 0 Å². The Labute approximate surface area is 111 Å². The summed E-state index contributed by atoms with van der Waals surface area (Å²) in [6.07, 6.45) is 0.896. The summed E-state index contributed by atoms with van der Waals surface area (Å²) in [5, 5.41) is 12.2. The maximum atomic E-state index is 8.54. The summed E-state index contributed by atoms with van der Waals surface area (Å²) < 4.78 is 5.62. The number of nitrogens with two attached hydrogens (primary N) is 1. The van der Waals surface area contributed by atoms with E-state index in [4.69, 9.17) is 27.3 Å². The van der Waals surface area contributed by atoms with Gasteiger partial charge in [-0.3, -0.25) is 4.90 Å². The van der Waals surface area contributed by atoms with Gasteiger partial charge in [-0.05, 0) is 24.7 Å².